The molecule has 0 saturated carbocycles. The lowest BCUT2D eigenvalue weighted by atomic mass is 9.97. The standard InChI is InChI=1S/C19H18FIN2O2/c1-10(2)9-25-19(24)13-6-15(11(3)16(20)7-13)12-4-5-14-17(8-12)22-23-18(14)21/h4-8,10H,9H2,1-3H3,(H,22,23). The SMILES string of the molecule is Cc1c(F)cc(C(=O)OCC(C)C)cc1-c1ccc2c(I)[nH]nc2c1. The number of aromatic amines is 1. The van der Waals surface area contributed by atoms with Gasteiger partial charge in [0.15, 0.2) is 0 Å². The smallest absolute Gasteiger partial charge is 0.338 e. The average Bonchev–Trinajstić information content (AvgIpc) is 2.95. The Morgan fingerprint density at radius 1 is 1.32 bits per heavy atom. The number of nitrogens with zero attached hydrogens (tertiary/aromatic N) is 1. The molecule has 3 aromatic rings. The lowest BCUT2D eigenvalue weighted by molar-refractivity contribution is 0.0458. The highest BCUT2D eigenvalue weighted by Crippen LogP contribution is 2.30. The summed E-state index contributed by atoms with van der Waals surface area (Å²) in [6.45, 7) is 5.91. The van der Waals surface area contributed by atoms with Crippen molar-refractivity contribution in [3.63, 3.8) is 0 Å². The van der Waals surface area contributed by atoms with Crippen LogP contribution in [0.3, 0.4) is 0 Å². The van der Waals surface area contributed by atoms with E-state index >= 15 is 0 Å². The van der Waals surface area contributed by atoms with Crippen LogP contribution in [0.15, 0.2) is 30.3 Å². The van der Waals surface area contributed by atoms with E-state index in [9.17, 15) is 9.18 Å². The Balaban J connectivity index is 2.03. The lowest BCUT2D eigenvalue weighted by Gasteiger charge is -2.12. The molecular weight excluding hydrogens is 434 g/mol. The topological polar surface area (TPSA) is 55.0 Å². The zero-order chi connectivity index (χ0) is 18.1. The van der Waals surface area contributed by atoms with Gasteiger partial charge in [-0.25, -0.2) is 9.18 Å². The van der Waals surface area contributed by atoms with E-state index in [2.05, 4.69) is 32.8 Å². The minimum absolute atomic E-state index is 0.218. The Bertz CT molecular complexity index is 950. The van der Waals surface area contributed by atoms with Crippen LogP contribution in [-0.4, -0.2) is 22.8 Å². The largest absolute Gasteiger partial charge is 0.462 e. The maximum Gasteiger partial charge on any atom is 0.338 e. The van der Waals surface area contributed by atoms with E-state index < -0.39 is 11.8 Å². The number of aromatic nitrogens is 2. The fourth-order valence-electron chi connectivity index (χ4n) is 2.57. The molecule has 0 bridgehead atoms. The van der Waals surface area contributed by atoms with Crippen molar-refractivity contribution in [1.29, 1.82) is 0 Å². The number of fused-ring (bicyclic) bond motifs is 1. The van der Waals surface area contributed by atoms with Crippen molar-refractivity contribution in [2.24, 2.45) is 5.92 Å². The molecule has 25 heavy (non-hydrogen) atoms. The predicted molar refractivity (Wildman–Crippen MR) is 104 cm³/mol. The number of halogens is 2. The van der Waals surface area contributed by atoms with E-state index in [0.29, 0.717) is 17.7 Å². The molecule has 0 unspecified atom stereocenters. The average molecular weight is 452 g/mol. The van der Waals surface area contributed by atoms with Gasteiger partial charge < -0.3 is 4.74 Å². The number of H-pyrrole nitrogens is 1. The molecule has 0 spiro atoms. The number of carbonyl (C=O) groups is 1. The summed E-state index contributed by atoms with van der Waals surface area (Å²) in [4.78, 5) is 12.2. The number of hydrogen-bond acceptors (Lipinski definition) is 3. The first-order chi connectivity index (χ1) is 11.9. The van der Waals surface area contributed by atoms with Crippen LogP contribution < -0.4 is 0 Å². The summed E-state index contributed by atoms with van der Waals surface area (Å²) in [5, 5.41) is 8.18. The molecule has 0 saturated heterocycles. The van der Waals surface area contributed by atoms with E-state index in [-0.39, 0.29) is 11.5 Å². The molecular formula is C19H18FIN2O2. The van der Waals surface area contributed by atoms with E-state index in [1.807, 2.05) is 32.0 Å². The zero-order valence-corrected chi connectivity index (χ0v) is 16.3. The zero-order valence-electron chi connectivity index (χ0n) is 14.2. The summed E-state index contributed by atoms with van der Waals surface area (Å²) in [5.74, 6) is -0.710. The van der Waals surface area contributed by atoms with Gasteiger partial charge in [0.1, 0.15) is 9.52 Å². The Hall–Kier alpha value is -1.96. The van der Waals surface area contributed by atoms with Crippen LogP contribution in [0.5, 0.6) is 0 Å². The number of ether oxygens (including phenoxy) is 1. The van der Waals surface area contributed by atoms with E-state index in [1.165, 1.54) is 6.07 Å². The minimum atomic E-state index is -0.510. The fourth-order valence-corrected chi connectivity index (χ4v) is 3.15. The van der Waals surface area contributed by atoms with E-state index in [1.54, 1.807) is 13.0 Å². The second kappa shape index (κ2) is 7.11. The molecule has 1 aromatic heterocycles. The number of hydrogen-bond donors (Lipinski definition) is 1. The molecule has 0 fully saturated rings. The maximum atomic E-state index is 14.4. The van der Waals surface area contributed by atoms with Gasteiger partial charge in [-0.05, 0) is 76.4 Å². The normalized spacial score (nSPS) is 11.3. The Kier molecular flexibility index (Phi) is 5.08. The second-order valence-electron chi connectivity index (χ2n) is 6.39. The summed E-state index contributed by atoms with van der Waals surface area (Å²) < 4.78 is 20.5. The van der Waals surface area contributed by atoms with Crippen LogP contribution in [0.4, 0.5) is 4.39 Å². The van der Waals surface area contributed by atoms with Crippen molar-refractivity contribution in [2.75, 3.05) is 6.61 Å². The predicted octanol–water partition coefficient (Wildman–Crippen LogP) is 5.09. The minimum Gasteiger partial charge on any atom is -0.462 e. The van der Waals surface area contributed by atoms with Crippen LogP contribution in [0.25, 0.3) is 22.0 Å². The molecule has 3 rings (SSSR count). The van der Waals surface area contributed by atoms with Crippen LogP contribution >= 0.6 is 22.6 Å². The Morgan fingerprint density at radius 3 is 2.80 bits per heavy atom. The highest BCUT2D eigenvalue weighted by atomic mass is 127. The molecule has 1 heterocycles. The van der Waals surface area contributed by atoms with E-state index in [4.69, 9.17) is 4.74 Å². The molecule has 4 nitrogen and oxygen atoms in total. The third-order valence-electron chi connectivity index (χ3n) is 3.95. The van der Waals surface area contributed by atoms with Crippen molar-refractivity contribution in [2.45, 2.75) is 20.8 Å². The summed E-state index contributed by atoms with van der Waals surface area (Å²) in [5.41, 5.74) is 2.98. The summed E-state index contributed by atoms with van der Waals surface area (Å²) in [7, 11) is 0. The van der Waals surface area contributed by atoms with E-state index in [0.717, 1.165) is 20.2 Å². The molecule has 1 N–H and O–H groups in total. The molecule has 0 aliphatic rings. The number of carbonyl (C=O) groups excluding carboxylic acids is 1. The molecule has 130 valence electrons. The molecule has 0 atom stereocenters. The van der Waals surface area contributed by atoms with Gasteiger partial charge >= 0.3 is 5.97 Å². The molecule has 2 aromatic carbocycles. The van der Waals surface area contributed by atoms with Gasteiger partial charge in [-0.2, -0.15) is 5.10 Å². The number of nitrogens with one attached hydrogen (secondary N) is 1. The van der Waals surface area contributed by atoms with Crippen molar-refractivity contribution < 1.29 is 13.9 Å². The number of esters is 1. The Labute approximate surface area is 158 Å². The van der Waals surface area contributed by atoms with Gasteiger partial charge in [-0.3, -0.25) is 5.10 Å². The first-order valence-electron chi connectivity index (χ1n) is 7.98. The van der Waals surface area contributed by atoms with Crippen LogP contribution in [-0.2, 0) is 4.74 Å². The van der Waals surface area contributed by atoms with Gasteiger partial charge in [-0.1, -0.05) is 19.9 Å². The highest BCUT2D eigenvalue weighted by Gasteiger charge is 2.16. The molecule has 0 amide bonds. The monoisotopic (exact) mass is 452 g/mol. The van der Waals surface area contributed by atoms with Gasteiger partial charge in [0.2, 0.25) is 0 Å². The third kappa shape index (κ3) is 3.68. The first kappa shape index (κ1) is 17.8. The van der Waals surface area contributed by atoms with Crippen LogP contribution in [0.2, 0.25) is 0 Å². The summed E-state index contributed by atoms with van der Waals surface area (Å²) >= 11 is 2.18. The summed E-state index contributed by atoms with van der Waals surface area (Å²) in [6, 6.07) is 8.65. The van der Waals surface area contributed by atoms with Gasteiger partial charge in [0.25, 0.3) is 0 Å². The van der Waals surface area contributed by atoms with Crippen molar-refractivity contribution >= 4 is 39.5 Å². The number of rotatable bonds is 4. The molecule has 6 heteroatoms. The lowest BCUT2D eigenvalue weighted by Crippen LogP contribution is -2.11. The second-order valence-corrected chi connectivity index (χ2v) is 7.47. The molecule has 0 aliphatic heterocycles. The van der Waals surface area contributed by atoms with Crippen LogP contribution in [0.1, 0.15) is 29.8 Å². The van der Waals surface area contributed by atoms with Crippen molar-refractivity contribution in [3.05, 3.63) is 51.0 Å². The van der Waals surface area contributed by atoms with Crippen molar-refractivity contribution in [1.82, 2.24) is 10.2 Å². The third-order valence-corrected chi connectivity index (χ3v) is 4.77. The maximum absolute atomic E-state index is 14.4. The van der Waals surface area contributed by atoms with Gasteiger partial charge in [-0.15, -0.1) is 0 Å². The number of benzene rings is 2. The Morgan fingerprint density at radius 2 is 2.08 bits per heavy atom. The highest BCUT2D eigenvalue weighted by molar-refractivity contribution is 14.1. The van der Waals surface area contributed by atoms with Crippen molar-refractivity contribution in [3.8, 4) is 11.1 Å². The van der Waals surface area contributed by atoms with Crippen LogP contribution in [0, 0.1) is 22.4 Å². The first-order valence-corrected chi connectivity index (χ1v) is 9.06. The molecule has 0 radical (unpaired) electrons. The quantitative estimate of drug-likeness (QED) is 0.443. The fraction of sp³-hybridized carbons (Fsp3) is 0.263. The summed E-state index contributed by atoms with van der Waals surface area (Å²) in [6.07, 6.45) is 0. The van der Waals surface area contributed by atoms with Gasteiger partial charge in [0.05, 0.1) is 17.7 Å². The molecule has 0 aliphatic carbocycles. The van der Waals surface area contributed by atoms with Gasteiger partial charge in [0, 0.05) is 5.39 Å².